The van der Waals surface area contributed by atoms with Crippen LogP contribution in [0.25, 0.3) is 109 Å². The zero-order chi connectivity index (χ0) is 37.5. The van der Waals surface area contributed by atoms with E-state index < -0.39 is 0 Å². The number of benzene rings is 8. The molecule has 4 heterocycles. The maximum atomic E-state index is 5.32. The summed E-state index contributed by atoms with van der Waals surface area (Å²) in [5.74, 6) is 1.88. The molecule has 0 fully saturated rings. The van der Waals surface area contributed by atoms with Crippen molar-refractivity contribution in [2.45, 2.75) is 0 Å². The molecular formula is C51H31N5S. The summed E-state index contributed by atoms with van der Waals surface area (Å²) >= 11 is 1.80. The molecule has 57 heavy (non-hydrogen) atoms. The molecule has 0 N–H and O–H groups in total. The molecule has 0 amide bonds. The average molecular weight is 746 g/mol. The van der Waals surface area contributed by atoms with Gasteiger partial charge in [0.15, 0.2) is 11.6 Å². The van der Waals surface area contributed by atoms with Crippen molar-refractivity contribution in [1.82, 2.24) is 24.1 Å². The van der Waals surface area contributed by atoms with E-state index in [-0.39, 0.29) is 0 Å². The largest absolute Gasteiger partial charge is 0.309 e. The van der Waals surface area contributed by atoms with Gasteiger partial charge in [-0.05, 0) is 71.8 Å². The van der Waals surface area contributed by atoms with Gasteiger partial charge in [-0.2, -0.15) is 9.97 Å². The summed E-state index contributed by atoms with van der Waals surface area (Å²) in [6.45, 7) is 0. The number of hydrogen-bond donors (Lipinski definition) is 0. The van der Waals surface area contributed by atoms with Gasteiger partial charge in [0.25, 0.3) is 0 Å². The maximum Gasteiger partial charge on any atom is 0.238 e. The molecular weight excluding hydrogens is 715 g/mol. The number of hydrogen-bond acceptors (Lipinski definition) is 4. The summed E-state index contributed by atoms with van der Waals surface area (Å²) in [6, 6.07) is 66.7. The Labute approximate surface area is 331 Å². The molecule has 0 radical (unpaired) electrons. The van der Waals surface area contributed by atoms with Gasteiger partial charge in [-0.3, -0.25) is 4.57 Å². The monoisotopic (exact) mass is 745 g/mol. The van der Waals surface area contributed by atoms with E-state index in [1.165, 1.54) is 47.5 Å². The van der Waals surface area contributed by atoms with Crippen LogP contribution in [0.2, 0.25) is 0 Å². The van der Waals surface area contributed by atoms with Gasteiger partial charge >= 0.3 is 0 Å². The second kappa shape index (κ2) is 12.6. The summed E-state index contributed by atoms with van der Waals surface area (Å²) in [5.41, 5.74) is 9.89. The SMILES string of the molecule is c1ccc(-c2nc(-c3cccc4sc5ccccc5c34)nc(-n3c4ccccc4c4cc(-c5ccc6c(c5)c5ccccc5n6-c5ccccc5)ccc43)n2)cc1. The van der Waals surface area contributed by atoms with Gasteiger partial charge in [-0.15, -0.1) is 11.3 Å². The summed E-state index contributed by atoms with van der Waals surface area (Å²) < 4.78 is 7.02. The van der Waals surface area contributed by atoms with Crippen LogP contribution in [-0.2, 0) is 0 Å². The zero-order valence-electron chi connectivity index (χ0n) is 30.5. The highest BCUT2D eigenvalue weighted by Crippen LogP contribution is 2.41. The van der Waals surface area contributed by atoms with Gasteiger partial charge in [0.05, 0.1) is 22.1 Å². The molecule has 8 aromatic carbocycles. The Morgan fingerprint density at radius 2 is 0.895 bits per heavy atom. The molecule has 6 heteroatoms. The average Bonchev–Trinajstić information content (AvgIpc) is 3.94. The third-order valence-electron chi connectivity index (χ3n) is 11.2. The van der Waals surface area contributed by atoms with Crippen molar-refractivity contribution in [2.75, 3.05) is 0 Å². The standard InChI is InChI=1S/C51H31N5S/c1-3-14-32(15-4-1)49-52-50(39-21-13-25-47-48(39)38-20-9-12-24-46(38)57-47)54-51(53-49)56-43-23-11-8-19-37(43)41-31-34(27-29-45(41)56)33-26-28-44-40(30-33)36-18-7-10-22-42(36)55(44)35-16-5-2-6-17-35/h1-31H. The number of fused-ring (bicyclic) bond motifs is 9. The highest BCUT2D eigenvalue weighted by molar-refractivity contribution is 7.25. The van der Waals surface area contributed by atoms with E-state index in [4.69, 9.17) is 15.0 Å². The van der Waals surface area contributed by atoms with E-state index in [2.05, 4.69) is 179 Å². The van der Waals surface area contributed by atoms with E-state index in [1.54, 1.807) is 11.3 Å². The molecule has 0 saturated carbocycles. The molecule has 4 aromatic heterocycles. The third kappa shape index (κ3) is 4.98. The molecule has 0 aliphatic rings. The topological polar surface area (TPSA) is 48.5 Å². The first-order valence-corrected chi connectivity index (χ1v) is 19.9. The van der Waals surface area contributed by atoms with Crippen molar-refractivity contribution in [3.63, 3.8) is 0 Å². The molecule has 0 aliphatic heterocycles. The third-order valence-corrected chi connectivity index (χ3v) is 12.3. The molecule has 0 atom stereocenters. The maximum absolute atomic E-state index is 5.32. The minimum Gasteiger partial charge on any atom is -0.309 e. The molecule has 0 spiro atoms. The van der Waals surface area contributed by atoms with Gasteiger partial charge in [0.1, 0.15) is 0 Å². The van der Waals surface area contributed by atoms with Gasteiger partial charge in [-0.1, -0.05) is 127 Å². The Morgan fingerprint density at radius 3 is 1.61 bits per heavy atom. The summed E-state index contributed by atoms with van der Waals surface area (Å²) in [6.07, 6.45) is 0. The highest BCUT2D eigenvalue weighted by atomic mass is 32.1. The first-order chi connectivity index (χ1) is 28.3. The van der Waals surface area contributed by atoms with Crippen LogP contribution in [0.5, 0.6) is 0 Å². The highest BCUT2D eigenvalue weighted by Gasteiger charge is 2.21. The molecule has 0 saturated heterocycles. The van der Waals surface area contributed by atoms with E-state index in [0.29, 0.717) is 17.6 Å². The minimum atomic E-state index is 0.587. The number of rotatable bonds is 5. The summed E-state index contributed by atoms with van der Waals surface area (Å²) in [5, 5.41) is 7.14. The Balaban J connectivity index is 1.07. The normalized spacial score (nSPS) is 11.9. The predicted molar refractivity (Wildman–Crippen MR) is 238 cm³/mol. The molecule has 12 rings (SSSR count). The fourth-order valence-corrected chi connectivity index (χ4v) is 9.77. The van der Waals surface area contributed by atoms with E-state index in [0.717, 1.165) is 44.2 Å². The van der Waals surface area contributed by atoms with Gasteiger partial charge in [-0.25, -0.2) is 4.98 Å². The van der Waals surface area contributed by atoms with E-state index >= 15 is 0 Å². The number of thiophene rings is 1. The lowest BCUT2D eigenvalue weighted by Gasteiger charge is -2.12. The number of nitrogens with zero attached hydrogens (tertiary/aromatic N) is 5. The second-order valence-electron chi connectivity index (χ2n) is 14.4. The Kier molecular flexibility index (Phi) is 7.03. The van der Waals surface area contributed by atoms with Crippen LogP contribution < -0.4 is 0 Å². The first-order valence-electron chi connectivity index (χ1n) is 19.1. The van der Waals surface area contributed by atoms with Gasteiger partial charge in [0.2, 0.25) is 5.95 Å². The lowest BCUT2D eigenvalue weighted by Crippen LogP contribution is -2.06. The van der Waals surface area contributed by atoms with Crippen LogP contribution >= 0.6 is 11.3 Å². The second-order valence-corrected chi connectivity index (χ2v) is 15.5. The lowest BCUT2D eigenvalue weighted by atomic mass is 10.0. The molecule has 12 aromatic rings. The summed E-state index contributed by atoms with van der Waals surface area (Å²) in [4.78, 5) is 15.7. The Morgan fingerprint density at radius 1 is 0.351 bits per heavy atom. The van der Waals surface area contributed by atoms with E-state index in [9.17, 15) is 0 Å². The fraction of sp³-hybridized carbons (Fsp3) is 0. The van der Waals surface area contributed by atoms with Crippen molar-refractivity contribution in [3.05, 3.63) is 188 Å². The van der Waals surface area contributed by atoms with E-state index in [1.807, 2.05) is 18.2 Å². The van der Waals surface area contributed by atoms with Crippen LogP contribution in [0.15, 0.2) is 188 Å². The molecule has 266 valence electrons. The smallest absolute Gasteiger partial charge is 0.238 e. The summed E-state index contributed by atoms with van der Waals surface area (Å²) in [7, 11) is 0. The van der Waals surface area contributed by atoms with Crippen LogP contribution in [0, 0.1) is 0 Å². The molecule has 5 nitrogen and oxygen atoms in total. The Hall–Kier alpha value is -7.41. The zero-order valence-corrected chi connectivity index (χ0v) is 31.4. The van der Waals surface area contributed by atoms with Crippen molar-refractivity contribution >= 4 is 75.1 Å². The number of para-hydroxylation sites is 3. The Bertz CT molecular complexity index is 3520. The number of aromatic nitrogens is 5. The van der Waals surface area contributed by atoms with Crippen molar-refractivity contribution < 1.29 is 0 Å². The van der Waals surface area contributed by atoms with Gasteiger partial charge < -0.3 is 4.57 Å². The first kappa shape index (κ1) is 31.9. The molecule has 0 unspecified atom stereocenters. The predicted octanol–water partition coefficient (Wildman–Crippen LogP) is 13.4. The van der Waals surface area contributed by atoms with Crippen LogP contribution in [-0.4, -0.2) is 24.1 Å². The van der Waals surface area contributed by atoms with Crippen LogP contribution in [0.1, 0.15) is 0 Å². The van der Waals surface area contributed by atoms with Crippen molar-refractivity contribution in [3.8, 4) is 45.5 Å². The quantitative estimate of drug-likeness (QED) is 0.176. The van der Waals surface area contributed by atoms with Gasteiger partial charge in [0, 0.05) is 58.5 Å². The van der Waals surface area contributed by atoms with Crippen molar-refractivity contribution in [2.24, 2.45) is 0 Å². The van der Waals surface area contributed by atoms with Crippen molar-refractivity contribution in [1.29, 1.82) is 0 Å². The van der Waals surface area contributed by atoms with Crippen LogP contribution in [0.4, 0.5) is 0 Å². The van der Waals surface area contributed by atoms with Crippen LogP contribution in [0.3, 0.4) is 0 Å². The molecule has 0 bridgehead atoms. The molecule has 0 aliphatic carbocycles. The minimum absolute atomic E-state index is 0.587. The lowest BCUT2D eigenvalue weighted by molar-refractivity contribution is 0.954. The fourth-order valence-electron chi connectivity index (χ4n) is 8.64.